The lowest BCUT2D eigenvalue weighted by molar-refractivity contribution is -0.147. The lowest BCUT2D eigenvalue weighted by atomic mass is 9.95. The zero-order chi connectivity index (χ0) is 20.5. The van der Waals surface area contributed by atoms with Gasteiger partial charge in [0.2, 0.25) is 5.90 Å². The summed E-state index contributed by atoms with van der Waals surface area (Å²) in [6.07, 6.45) is -9.95. The van der Waals surface area contributed by atoms with Gasteiger partial charge < -0.3 is 4.74 Å². The minimum atomic E-state index is -4.78. The molecule has 0 amide bonds. The molecule has 2 rings (SSSR count). The van der Waals surface area contributed by atoms with Gasteiger partial charge in [-0.1, -0.05) is 6.07 Å². The van der Waals surface area contributed by atoms with Crippen LogP contribution in [0.2, 0.25) is 0 Å². The molecule has 0 aromatic heterocycles. The van der Waals surface area contributed by atoms with Crippen LogP contribution in [-0.2, 0) is 10.9 Å². The van der Waals surface area contributed by atoms with E-state index >= 15 is 0 Å². The van der Waals surface area contributed by atoms with Crippen molar-refractivity contribution in [1.82, 2.24) is 0 Å². The molecule has 0 saturated heterocycles. The highest BCUT2D eigenvalue weighted by atomic mass is 19.4. The fourth-order valence-electron chi connectivity index (χ4n) is 2.45. The van der Waals surface area contributed by atoms with Gasteiger partial charge in [0, 0.05) is 6.42 Å². The quantitative estimate of drug-likeness (QED) is 0.275. The third-order valence-electron chi connectivity index (χ3n) is 3.76. The van der Waals surface area contributed by atoms with Crippen molar-refractivity contribution in [2.24, 2.45) is 15.2 Å². The topological polar surface area (TPSA) is 50.7 Å². The molecule has 0 spiro atoms. The minimum Gasteiger partial charge on any atom is -0.479 e. The van der Waals surface area contributed by atoms with Gasteiger partial charge in [0.15, 0.2) is 17.3 Å². The smallest absolute Gasteiger partial charge is 0.412 e. The number of aliphatic imine (C=N–C) groups is 1. The van der Waals surface area contributed by atoms with E-state index < -0.39 is 41.6 Å². The molecule has 0 radical (unpaired) electrons. The average Bonchev–Trinajstić information content (AvgIpc) is 2.97. The number of rotatable bonds is 3. The van der Waals surface area contributed by atoms with Gasteiger partial charge in [0.05, 0.1) is 24.4 Å². The number of hydrogen-bond acceptors (Lipinski definition) is 4. The second-order valence-corrected chi connectivity index (χ2v) is 5.91. The number of azo groups is 1. The van der Waals surface area contributed by atoms with Crippen molar-refractivity contribution in [3.63, 3.8) is 0 Å². The molecule has 2 unspecified atom stereocenters. The third kappa shape index (κ3) is 4.56. The van der Waals surface area contributed by atoms with Gasteiger partial charge in [-0.05, 0) is 26.0 Å². The lowest BCUT2D eigenvalue weighted by Crippen LogP contribution is -2.37. The van der Waals surface area contributed by atoms with Gasteiger partial charge >= 0.3 is 12.4 Å². The Morgan fingerprint density at radius 1 is 1.33 bits per heavy atom. The van der Waals surface area contributed by atoms with Crippen LogP contribution in [0.3, 0.4) is 0 Å². The van der Waals surface area contributed by atoms with Crippen molar-refractivity contribution in [3.05, 3.63) is 35.2 Å². The molecule has 27 heavy (non-hydrogen) atoms. The number of alkyl halides is 6. The molecule has 11 heteroatoms. The van der Waals surface area contributed by atoms with Crippen LogP contribution in [0.4, 0.5) is 37.7 Å². The van der Waals surface area contributed by atoms with Crippen LogP contribution in [0.15, 0.2) is 33.4 Å². The Hall–Kier alpha value is -2.64. The maximum absolute atomic E-state index is 13.1. The second-order valence-electron chi connectivity index (χ2n) is 5.91. The highest BCUT2D eigenvalue weighted by Crippen LogP contribution is 2.40. The first-order valence-corrected chi connectivity index (χ1v) is 7.70. The predicted molar refractivity (Wildman–Crippen MR) is 84.1 cm³/mol. The molecule has 0 bridgehead atoms. The zero-order valence-corrected chi connectivity index (χ0v) is 14.2. The predicted octanol–water partition coefficient (Wildman–Crippen LogP) is 5.87. The molecule has 0 aliphatic carbocycles. The number of halogens is 6. The van der Waals surface area contributed by atoms with Gasteiger partial charge in [0.25, 0.3) is 0 Å². The van der Waals surface area contributed by atoms with E-state index in [4.69, 9.17) is 11.3 Å². The highest BCUT2D eigenvalue weighted by Gasteiger charge is 2.51. The Morgan fingerprint density at radius 3 is 2.48 bits per heavy atom. The number of ether oxygens (including phenoxy) is 1. The standard InChI is InChI=1S/C16H14F6N4O/c1-4-27-13(14(2)8-12(25-26-14)16(20,21)22)24-9-5-6-11(23-3)10(7-9)15(17,18)19/h5-7,12H,4,8H2,1-2H3/b24-13-. The molecular formula is C16H14F6N4O. The van der Waals surface area contributed by atoms with E-state index in [1.165, 1.54) is 6.92 Å². The summed E-state index contributed by atoms with van der Waals surface area (Å²) in [5.74, 6) is -0.274. The van der Waals surface area contributed by atoms with Gasteiger partial charge in [-0.2, -0.15) is 36.6 Å². The monoisotopic (exact) mass is 392 g/mol. The Balaban J connectivity index is 2.45. The van der Waals surface area contributed by atoms with Crippen molar-refractivity contribution in [2.45, 2.75) is 44.2 Å². The highest BCUT2D eigenvalue weighted by molar-refractivity contribution is 5.89. The largest absolute Gasteiger partial charge is 0.479 e. The normalized spacial score (nSPS) is 23.4. The van der Waals surface area contributed by atoms with E-state index in [1.807, 2.05) is 0 Å². The first kappa shape index (κ1) is 20.7. The summed E-state index contributed by atoms with van der Waals surface area (Å²) < 4.78 is 83.1. The van der Waals surface area contributed by atoms with Crippen LogP contribution in [-0.4, -0.2) is 30.3 Å². The van der Waals surface area contributed by atoms with E-state index in [2.05, 4.69) is 20.1 Å². The molecule has 1 aromatic rings. The maximum Gasteiger partial charge on any atom is 0.412 e. The van der Waals surface area contributed by atoms with Crippen LogP contribution >= 0.6 is 0 Å². The SMILES string of the molecule is [C-]#[N+]c1ccc(/N=C(\OCC)C2(C)CC(C(F)(F)F)N=N2)cc1C(F)(F)F. The Kier molecular flexibility index (Phi) is 5.49. The van der Waals surface area contributed by atoms with E-state index in [0.717, 1.165) is 12.1 Å². The summed E-state index contributed by atoms with van der Waals surface area (Å²) >= 11 is 0. The van der Waals surface area contributed by atoms with Gasteiger partial charge in [0.1, 0.15) is 0 Å². The van der Waals surface area contributed by atoms with E-state index in [0.29, 0.717) is 6.07 Å². The van der Waals surface area contributed by atoms with Crippen molar-refractivity contribution >= 4 is 17.3 Å². The summed E-state index contributed by atoms with van der Waals surface area (Å²) in [5, 5.41) is 6.82. The third-order valence-corrected chi connectivity index (χ3v) is 3.76. The Labute approximate surface area is 150 Å². The van der Waals surface area contributed by atoms with Crippen molar-refractivity contribution in [3.8, 4) is 0 Å². The lowest BCUT2D eigenvalue weighted by Gasteiger charge is -2.23. The summed E-state index contributed by atoms with van der Waals surface area (Å²) in [5.41, 5.74) is -3.58. The molecule has 0 fully saturated rings. The second kappa shape index (κ2) is 7.17. The van der Waals surface area contributed by atoms with E-state index in [-0.39, 0.29) is 18.2 Å². The van der Waals surface area contributed by atoms with Gasteiger partial charge in [-0.15, -0.1) is 0 Å². The molecule has 0 saturated carbocycles. The van der Waals surface area contributed by atoms with Crippen LogP contribution < -0.4 is 0 Å². The molecule has 1 heterocycles. The van der Waals surface area contributed by atoms with Crippen LogP contribution in [0.1, 0.15) is 25.8 Å². The zero-order valence-electron chi connectivity index (χ0n) is 14.2. The summed E-state index contributed by atoms with van der Waals surface area (Å²) in [6.45, 7) is 9.71. The molecule has 1 aliphatic heterocycles. The summed E-state index contributed by atoms with van der Waals surface area (Å²) in [7, 11) is 0. The maximum atomic E-state index is 13.1. The molecule has 1 aliphatic rings. The Bertz CT molecular complexity index is 809. The summed E-state index contributed by atoms with van der Waals surface area (Å²) in [6, 6.07) is 0.694. The number of hydrogen-bond donors (Lipinski definition) is 0. The molecule has 1 aromatic carbocycles. The van der Waals surface area contributed by atoms with Crippen molar-refractivity contribution < 1.29 is 31.1 Å². The number of nitrogens with zero attached hydrogens (tertiary/aromatic N) is 4. The summed E-state index contributed by atoms with van der Waals surface area (Å²) in [4.78, 5) is 6.75. The number of benzene rings is 1. The first-order chi connectivity index (χ1) is 12.4. The fraction of sp³-hybridized carbons (Fsp3) is 0.500. The van der Waals surface area contributed by atoms with Crippen LogP contribution in [0.25, 0.3) is 4.85 Å². The van der Waals surface area contributed by atoms with Gasteiger partial charge in [-0.25, -0.2) is 9.84 Å². The minimum absolute atomic E-state index is 0.0207. The van der Waals surface area contributed by atoms with Crippen LogP contribution in [0.5, 0.6) is 0 Å². The van der Waals surface area contributed by atoms with E-state index in [1.54, 1.807) is 6.92 Å². The fourth-order valence-corrected chi connectivity index (χ4v) is 2.45. The molecule has 0 N–H and O–H groups in total. The van der Waals surface area contributed by atoms with E-state index in [9.17, 15) is 26.3 Å². The molecule has 146 valence electrons. The first-order valence-electron chi connectivity index (χ1n) is 7.70. The molecular weight excluding hydrogens is 378 g/mol. The molecule has 5 nitrogen and oxygen atoms in total. The van der Waals surface area contributed by atoms with Crippen LogP contribution in [0, 0.1) is 6.57 Å². The average molecular weight is 392 g/mol. The molecule has 2 atom stereocenters. The van der Waals surface area contributed by atoms with Crippen molar-refractivity contribution in [1.29, 1.82) is 0 Å². The van der Waals surface area contributed by atoms with Gasteiger partial charge in [-0.3, -0.25) is 0 Å². The Morgan fingerprint density at radius 2 is 2.00 bits per heavy atom. The van der Waals surface area contributed by atoms with Crippen molar-refractivity contribution in [2.75, 3.05) is 6.61 Å².